The van der Waals surface area contributed by atoms with Crippen LogP contribution in [0.3, 0.4) is 0 Å². The van der Waals surface area contributed by atoms with Gasteiger partial charge in [-0.3, -0.25) is 0 Å². The zero-order valence-corrected chi connectivity index (χ0v) is 86.1. The molecule has 0 amide bonds. The molecule has 0 radical (unpaired) electrons. The van der Waals surface area contributed by atoms with Crippen molar-refractivity contribution in [3.63, 3.8) is 0 Å². The molecule has 6 aromatic heterocycles. The highest BCUT2D eigenvalue weighted by Gasteiger charge is 2.33. The Balaban J connectivity index is 0.636. The summed E-state index contributed by atoms with van der Waals surface area (Å²) >= 11 is 0. The fourth-order valence-electron chi connectivity index (χ4n) is 22.0. The molecule has 0 aliphatic carbocycles. The van der Waals surface area contributed by atoms with Gasteiger partial charge in [-0.25, -0.2) is 19.9 Å². The van der Waals surface area contributed by atoms with Crippen LogP contribution >= 0.6 is 0 Å². The summed E-state index contributed by atoms with van der Waals surface area (Å²) in [6.45, 7) is 40.8. The summed E-state index contributed by atoms with van der Waals surface area (Å²) in [6.07, 6.45) is 6.15. The van der Waals surface area contributed by atoms with Crippen LogP contribution in [-0.2, 0) is 44.6 Å². The van der Waals surface area contributed by atoms with Crippen molar-refractivity contribution in [2.75, 3.05) is 106 Å². The second-order valence-corrected chi connectivity index (χ2v) is 37.2. The predicted molar refractivity (Wildman–Crippen MR) is 586 cm³/mol. The molecule has 22 rings (SSSR count). The normalized spacial score (nSPS) is 14.9. The zero-order valence-electron chi connectivity index (χ0n) is 86.1. The molecule has 0 unspecified atom stereocenters. The number of hydrogen-bond acceptors (Lipinski definition) is 16. The van der Waals surface area contributed by atoms with Gasteiger partial charge in [-0.05, 0) is 269 Å². The summed E-state index contributed by atoms with van der Waals surface area (Å²) in [7, 11) is 0. The number of ether oxygens (including phenoxy) is 12. The first kappa shape index (κ1) is 98.5. The minimum Gasteiger partial charge on any atom is -0.491 e. The summed E-state index contributed by atoms with van der Waals surface area (Å²) in [5.41, 5.74) is 41.2. The van der Waals surface area contributed by atoms with Crippen LogP contribution in [-0.4, -0.2) is 146 Å². The Morgan fingerprint density at radius 2 is 0.403 bits per heavy atom. The average molecular weight is 1930 g/mol. The molecule has 20 heteroatoms. The molecular weight excluding hydrogens is 1790 g/mol. The largest absolute Gasteiger partial charge is 0.491 e. The van der Waals surface area contributed by atoms with Gasteiger partial charge in [0.15, 0.2) is 0 Å². The molecule has 8 aliphatic heterocycles. The van der Waals surface area contributed by atoms with Gasteiger partial charge in [0.25, 0.3) is 0 Å². The topological polar surface area (TPSA) is 225 Å². The molecule has 8 aromatic carbocycles. The number of H-pyrrole nitrogens is 4. The maximum absolute atomic E-state index is 6.88. The second-order valence-electron chi connectivity index (χ2n) is 37.2. The number of nitrogens with zero attached hydrogens (tertiary/aromatic N) is 4. The maximum atomic E-state index is 6.88. The van der Waals surface area contributed by atoms with Crippen molar-refractivity contribution in [1.82, 2.24) is 39.9 Å². The number of aromatic amines is 4. The van der Waals surface area contributed by atoms with Gasteiger partial charge in [0.1, 0.15) is 98.9 Å². The minimum absolute atomic E-state index is 0.294. The van der Waals surface area contributed by atoms with Gasteiger partial charge in [-0.2, -0.15) is 0 Å². The van der Waals surface area contributed by atoms with Crippen LogP contribution in [0, 0.1) is 27.7 Å². The van der Waals surface area contributed by atoms with Gasteiger partial charge in [0, 0.05) is 88.1 Å². The van der Waals surface area contributed by atoms with Crippen LogP contribution in [0.4, 0.5) is 0 Å². The Morgan fingerprint density at radius 3 is 0.597 bits per heavy atom. The van der Waals surface area contributed by atoms with E-state index in [-0.39, 0.29) is 0 Å². The number of rotatable bonds is 8. The molecule has 14 heterocycles. The van der Waals surface area contributed by atoms with Crippen LogP contribution in [0.2, 0.25) is 0 Å². The summed E-state index contributed by atoms with van der Waals surface area (Å²) in [5.74, 6) is 5.83. The molecule has 8 aliphatic rings. The smallest absolute Gasteiger partial charge is 0.127 e. The fraction of sp³-hybridized carbons (Fsp3) is 0.323. The summed E-state index contributed by atoms with van der Waals surface area (Å²) < 4.78 is 79.0. The molecule has 14 aromatic rings. The van der Waals surface area contributed by atoms with Gasteiger partial charge in [-0.1, -0.05) is 177 Å². The second kappa shape index (κ2) is 44.3. The van der Waals surface area contributed by atoms with E-state index < -0.39 is 0 Å². The van der Waals surface area contributed by atoms with E-state index in [1.807, 2.05) is 72.8 Å². The number of aryl methyl sites for hydroxylation is 8. The SMILES string of the molecule is CCC1=C(C)c2nc1cc1[nH]c(c(C)c1CC)c1c3nc(cc4[nH]c(c(C)c4CC)c2-c2ccccc2OCCOCCOc2cccc4c(cccc24)OCCOCCOc2ccccc2-c2c4nc(cc5[nH]c(c(C)c5CC)c(c5nc(cc6[nH]c2c(C)c6CC)C(CC)=C5C)-c2ccccc2OCCOCCOc2cccc5c(cccc25)OCCOCCOc2ccccc2-1)C(CC)=C4C)C(CC)=C3C. The number of hydrogen-bond donors (Lipinski definition) is 4. The van der Waals surface area contributed by atoms with E-state index in [0.717, 1.165) is 298 Å². The zero-order chi connectivity index (χ0) is 99.8. The van der Waals surface area contributed by atoms with E-state index in [1.54, 1.807) is 0 Å². The van der Waals surface area contributed by atoms with Gasteiger partial charge in [0.05, 0.1) is 120 Å². The third-order valence-corrected chi connectivity index (χ3v) is 29.1. The third-order valence-electron chi connectivity index (χ3n) is 29.1. The molecule has 0 spiro atoms. The van der Waals surface area contributed by atoms with Crippen molar-refractivity contribution in [1.29, 1.82) is 0 Å². The van der Waals surface area contributed by atoms with Crippen LogP contribution in [0.1, 0.15) is 199 Å². The van der Waals surface area contributed by atoms with Crippen molar-refractivity contribution < 1.29 is 56.8 Å². The quantitative estimate of drug-likeness (QED) is 0.111. The number of benzene rings is 8. The van der Waals surface area contributed by atoms with E-state index in [4.69, 9.17) is 76.8 Å². The fourth-order valence-corrected chi connectivity index (χ4v) is 22.0. The number of nitrogens with one attached hydrogen (secondary N) is 4. The lowest BCUT2D eigenvalue weighted by Crippen LogP contribution is -2.13. The van der Waals surface area contributed by atoms with E-state index in [9.17, 15) is 0 Å². The van der Waals surface area contributed by atoms with Crippen LogP contribution in [0.25, 0.3) is 155 Å². The predicted octanol–water partition coefficient (Wildman–Crippen LogP) is 29.0. The van der Waals surface area contributed by atoms with Gasteiger partial charge >= 0.3 is 0 Å². The standard InChI is InChI=1S/C124H132N8O12/c1-17-81-73(9)117-113-93-37-25-29-45-109(93)141-65-57-133-53-61-137-105-49-33-42-90-89(105)41-34-50-106(90)139-63-55-135-59-67-143-111-47-31-27-39-95(111)115-121-77(13)85(21-5)101(129-121)71-103-87(23-7)79(15)123(131-103)116(124-80(16)88(24-8)104(132-124)72-102-86(22-6)78(14)122(115)130-102)96-40-28-32-48-112(96)144-68-60-136-56-64-140-108-52-36-43-91-92(108)44-35-51-107(91)138-62-54-134-58-66-142-110-46-30-26-38-94(110)114(119-74(10)82(18-2)98(126-119)69-97(81)125-117)120-76(12)84(20-4)100(128-120)70-99-83(19-3)75(11)118(113)127-99/h25-52,69-72,125,128-129,132H,17-24,53-68H2,1-16H3. The first-order valence-corrected chi connectivity index (χ1v) is 51.6. The Kier molecular flexibility index (Phi) is 30.3. The van der Waals surface area contributed by atoms with E-state index in [2.05, 4.69) is 252 Å². The number of allylic oxidation sites excluding steroid dienone is 8. The van der Waals surface area contributed by atoms with E-state index in [0.29, 0.717) is 106 Å². The Labute approximate surface area is 844 Å². The molecule has 144 heavy (non-hydrogen) atoms. The van der Waals surface area contributed by atoms with Crippen LogP contribution in [0.15, 0.2) is 194 Å². The van der Waals surface area contributed by atoms with Crippen molar-refractivity contribution in [2.24, 2.45) is 0 Å². The first-order valence-electron chi connectivity index (χ1n) is 51.6. The first-order chi connectivity index (χ1) is 70.5. The molecular formula is C124H132N8O12. The molecule has 20 nitrogen and oxygen atoms in total. The molecule has 0 atom stereocenters. The number of aromatic nitrogens is 8. The van der Waals surface area contributed by atoms with Gasteiger partial charge < -0.3 is 76.8 Å². The molecule has 4 N–H and O–H groups in total. The monoisotopic (exact) mass is 1920 g/mol. The van der Waals surface area contributed by atoms with Gasteiger partial charge in [0.2, 0.25) is 0 Å². The third kappa shape index (κ3) is 19.3. The number of para-hydroxylation sites is 4. The van der Waals surface area contributed by atoms with Crippen molar-refractivity contribution in [3.05, 3.63) is 284 Å². The average Bonchev–Trinajstić information content (AvgIpc) is 1.59. The van der Waals surface area contributed by atoms with Crippen LogP contribution < -0.4 is 37.9 Å². The van der Waals surface area contributed by atoms with Gasteiger partial charge in [-0.15, -0.1) is 0 Å². The van der Waals surface area contributed by atoms with E-state index in [1.165, 1.54) is 44.5 Å². The maximum Gasteiger partial charge on any atom is 0.127 e. The Morgan fingerprint density at radius 1 is 0.215 bits per heavy atom. The molecule has 740 valence electrons. The lowest BCUT2D eigenvalue weighted by molar-refractivity contribution is 0.0766. The van der Waals surface area contributed by atoms with E-state index >= 15 is 0 Å². The highest BCUT2D eigenvalue weighted by molar-refractivity contribution is 6.08. The summed E-state index contributed by atoms with van der Waals surface area (Å²) in [5, 5.41) is 3.73. The summed E-state index contributed by atoms with van der Waals surface area (Å²) in [4.78, 5) is 39.3. The van der Waals surface area contributed by atoms with Crippen molar-refractivity contribution in [2.45, 2.75) is 162 Å². The summed E-state index contributed by atoms with van der Waals surface area (Å²) in [6, 6.07) is 66.7. The molecule has 0 fully saturated rings. The highest BCUT2D eigenvalue weighted by atomic mass is 16.6. The molecule has 0 saturated carbocycles. The lowest BCUT2D eigenvalue weighted by Gasteiger charge is -2.15. The highest BCUT2D eigenvalue weighted by Crippen LogP contribution is 2.51. The molecule has 28 bridgehead atoms. The van der Waals surface area contributed by atoms with Crippen molar-refractivity contribution in [3.8, 4) is 90.5 Å². The lowest BCUT2D eigenvalue weighted by atomic mass is 9.94. The molecule has 0 saturated heterocycles. The Hall–Kier alpha value is -14.3. The van der Waals surface area contributed by atoms with Crippen molar-refractivity contribution >= 4 is 110 Å². The van der Waals surface area contributed by atoms with Crippen LogP contribution in [0.5, 0.6) is 46.0 Å². The minimum atomic E-state index is 0.294. The Bertz CT molecular complexity index is 6860.